The minimum atomic E-state index is -0.00288. The molecule has 1 aliphatic heterocycles. The van der Waals surface area contributed by atoms with Crippen LogP contribution in [0.5, 0.6) is 0 Å². The van der Waals surface area contributed by atoms with Crippen molar-refractivity contribution in [1.82, 2.24) is 14.8 Å². The first kappa shape index (κ1) is 16.3. The molecule has 0 fully saturated rings. The number of rotatable bonds is 3. The third kappa shape index (κ3) is 3.05. The maximum Gasteiger partial charge on any atom is 0.227 e. The van der Waals surface area contributed by atoms with E-state index >= 15 is 0 Å². The third-order valence-corrected chi connectivity index (χ3v) is 5.68. The van der Waals surface area contributed by atoms with Crippen LogP contribution in [0.15, 0.2) is 78.2 Å². The van der Waals surface area contributed by atoms with Gasteiger partial charge in [0, 0.05) is 21.2 Å². The maximum absolute atomic E-state index is 6.05. The molecule has 3 heterocycles. The quantitative estimate of drug-likeness (QED) is 0.486. The van der Waals surface area contributed by atoms with Crippen LogP contribution in [0.4, 0.5) is 5.95 Å². The van der Waals surface area contributed by atoms with Gasteiger partial charge in [0.25, 0.3) is 0 Å². The number of halogens is 1. The first-order chi connectivity index (χ1) is 13.3. The molecular weight excluding hydrogens is 376 g/mol. The van der Waals surface area contributed by atoms with Crippen LogP contribution in [-0.4, -0.2) is 14.8 Å². The van der Waals surface area contributed by atoms with Crippen molar-refractivity contribution in [3.05, 3.63) is 93.6 Å². The van der Waals surface area contributed by atoms with Crippen LogP contribution >= 0.6 is 22.9 Å². The second-order valence-electron chi connectivity index (χ2n) is 6.24. The molecule has 1 unspecified atom stereocenters. The Morgan fingerprint density at radius 1 is 0.926 bits per heavy atom. The third-order valence-electron chi connectivity index (χ3n) is 4.49. The molecule has 0 radical (unpaired) electrons. The van der Waals surface area contributed by atoms with Crippen LogP contribution in [0.25, 0.3) is 17.1 Å². The molecule has 1 atom stereocenters. The second-order valence-corrected chi connectivity index (χ2v) is 7.66. The predicted octanol–water partition coefficient (Wildman–Crippen LogP) is 5.72. The van der Waals surface area contributed by atoms with Gasteiger partial charge in [-0.1, -0.05) is 60.1 Å². The Hall–Kier alpha value is -2.89. The van der Waals surface area contributed by atoms with Gasteiger partial charge in [-0.15, -0.1) is 16.4 Å². The molecule has 0 amide bonds. The Labute approximate surface area is 165 Å². The van der Waals surface area contributed by atoms with Gasteiger partial charge in [0.15, 0.2) is 5.82 Å². The molecular formula is C21H15ClN4S. The fourth-order valence-corrected chi connectivity index (χ4v) is 4.07. The van der Waals surface area contributed by atoms with E-state index in [2.05, 4.69) is 28.9 Å². The monoisotopic (exact) mass is 390 g/mol. The molecule has 132 valence electrons. The Morgan fingerprint density at radius 3 is 2.48 bits per heavy atom. The SMILES string of the molecule is Clc1ccc(C2=CC(c3cccs3)n3nc(-c4ccccc4)nc3N2)cc1. The Balaban J connectivity index is 1.61. The van der Waals surface area contributed by atoms with Crippen LogP contribution in [0.1, 0.15) is 16.5 Å². The molecule has 0 saturated heterocycles. The lowest BCUT2D eigenvalue weighted by molar-refractivity contribution is 0.622. The first-order valence-corrected chi connectivity index (χ1v) is 9.84. The van der Waals surface area contributed by atoms with Gasteiger partial charge < -0.3 is 5.32 Å². The average Bonchev–Trinajstić information content (AvgIpc) is 3.38. The number of aromatic nitrogens is 3. The van der Waals surface area contributed by atoms with E-state index in [1.165, 1.54) is 4.88 Å². The van der Waals surface area contributed by atoms with Crippen molar-refractivity contribution >= 4 is 34.6 Å². The minimum absolute atomic E-state index is 0.00288. The fourth-order valence-electron chi connectivity index (χ4n) is 3.16. The van der Waals surface area contributed by atoms with Crippen molar-refractivity contribution in [2.45, 2.75) is 6.04 Å². The molecule has 4 nitrogen and oxygen atoms in total. The Morgan fingerprint density at radius 2 is 1.74 bits per heavy atom. The van der Waals surface area contributed by atoms with Crippen LogP contribution < -0.4 is 5.32 Å². The normalized spacial score (nSPS) is 15.7. The molecule has 5 rings (SSSR count). The molecule has 4 aromatic rings. The second kappa shape index (κ2) is 6.68. The van der Waals surface area contributed by atoms with E-state index in [-0.39, 0.29) is 6.04 Å². The van der Waals surface area contributed by atoms with Gasteiger partial charge in [0.2, 0.25) is 5.95 Å². The number of hydrogen-bond donors (Lipinski definition) is 1. The standard InChI is InChI=1S/C21H15ClN4S/c22-16-10-8-14(9-11-16)17-13-18(19-7-4-12-27-19)26-21(23-17)24-20(25-26)15-5-2-1-3-6-15/h1-13,18H,(H,23,24,25). The van der Waals surface area contributed by atoms with E-state index < -0.39 is 0 Å². The van der Waals surface area contributed by atoms with Gasteiger partial charge in [-0.3, -0.25) is 0 Å². The van der Waals surface area contributed by atoms with Gasteiger partial charge in [-0.25, -0.2) is 4.68 Å². The molecule has 2 aromatic heterocycles. The summed E-state index contributed by atoms with van der Waals surface area (Å²) in [6.07, 6.45) is 2.19. The van der Waals surface area contributed by atoms with Gasteiger partial charge in [-0.2, -0.15) is 4.98 Å². The fraction of sp³-hybridized carbons (Fsp3) is 0.0476. The van der Waals surface area contributed by atoms with Crippen molar-refractivity contribution in [3.63, 3.8) is 0 Å². The highest BCUT2D eigenvalue weighted by molar-refractivity contribution is 7.10. The predicted molar refractivity (Wildman–Crippen MR) is 111 cm³/mol. The average molecular weight is 391 g/mol. The lowest BCUT2D eigenvalue weighted by Gasteiger charge is -2.23. The number of anilines is 1. The van der Waals surface area contributed by atoms with E-state index in [9.17, 15) is 0 Å². The van der Waals surface area contributed by atoms with Crippen molar-refractivity contribution in [2.24, 2.45) is 0 Å². The molecule has 1 aliphatic rings. The summed E-state index contributed by atoms with van der Waals surface area (Å²) in [6, 6.07) is 22.0. The number of nitrogens with one attached hydrogen (secondary N) is 1. The smallest absolute Gasteiger partial charge is 0.227 e. The summed E-state index contributed by atoms with van der Waals surface area (Å²) in [6.45, 7) is 0. The van der Waals surface area contributed by atoms with Crippen LogP contribution in [0, 0.1) is 0 Å². The number of hydrogen-bond acceptors (Lipinski definition) is 4. The van der Waals surface area contributed by atoms with Gasteiger partial charge in [-0.05, 0) is 35.2 Å². The zero-order valence-corrected chi connectivity index (χ0v) is 15.8. The summed E-state index contributed by atoms with van der Waals surface area (Å²) >= 11 is 7.76. The topological polar surface area (TPSA) is 42.7 Å². The van der Waals surface area contributed by atoms with E-state index in [0.717, 1.165) is 27.8 Å². The van der Waals surface area contributed by atoms with Crippen LogP contribution in [0.2, 0.25) is 5.02 Å². The summed E-state index contributed by atoms with van der Waals surface area (Å²) in [5, 5.41) is 11.0. The molecule has 0 bridgehead atoms. The van der Waals surface area contributed by atoms with E-state index in [1.807, 2.05) is 59.3 Å². The highest BCUT2D eigenvalue weighted by Crippen LogP contribution is 2.35. The molecule has 2 aromatic carbocycles. The molecule has 27 heavy (non-hydrogen) atoms. The van der Waals surface area contributed by atoms with Crippen LogP contribution in [0.3, 0.4) is 0 Å². The Kier molecular flexibility index (Phi) is 4.03. The summed E-state index contributed by atoms with van der Waals surface area (Å²) in [4.78, 5) is 5.97. The minimum Gasteiger partial charge on any atom is -0.324 e. The summed E-state index contributed by atoms with van der Waals surface area (Å²) < 4.78 is 1.95. The first-order valence-electron chi connectivity index (χ1n) is 8.58. The molecule has 0 saturated carbocycles. The van der Waals surface area contributed by atoms with Gasteiger partial charge in [0.05, 0.1) is 0 Å². The summed E-state index contributed by atoms with van der Waals surface area (Å²) in [5.41, 5.74) is 3.07. The zero-order chi connectivity index (χ0) is 18.2. The van der Waals surface area contributed by atoms with E-state index in [4.69, 9.17) is 21.7 Å². The maximum atomic E-state index is 6.05. The van der Waals surface area contributed by atoms with Crippen LogP contribution in [-0.2, 0) is 0 Å². The largest absolute Gasteiger partial charge is 0.324 e. The van der Waals surface area contributed by atoms with Crippen molar-refractivity contribution in [2.75, 3.05) is 5.32 Å². The summed E-state index contributed by atoms with van der Waals surface area (Å²) in [5.74, 6) is 1.45. The van der Waals surface area contributed by atoms with Crippen molar-refractivity contribution < 1.29 is 0 Å². The van der Waals surface area contributed by atoms with E-state index in [0.29, 0.717) is 5.82 Å². The van der Waals surface area contributed by atoms with Gasteiger partial charge in [0.1, 0.15) is 6.04 Å². The zero-order valence-electron chi connectivity index (χ0n) is 14.2. The molecule has 0 aliphatic carbocycles. The van der Waals surface area contributed by atoms with Crippen molar-refractivity contribution in [1.29, 1.82) is 0 Å². The van der Waals surface area contributed by atoms with E-state index in [1.54, 1.807) is 11.3 Å². The highest BCUT2D eigenvalue weighted by atomic mass is 35.5. The highest BCUT2D eigenvalue weighted by Gasteiger charge is 2.26. The molecule has 0 spiro atoms. The molecule has 1 N–H and O–H groups in total. The lowest BCUT2D eigenvalue weighted by atomic mass is 10.1. The molecule has 6 heteroatoms. The van der Waals surface area contributed by atoms with Gasteiger partial charge >= 0.3 is 0 Å². The number of allylic oxidation sites excluding steroid dienone is 1. The number of fused-ring (bicyclic) bond motifs is 1. The summed E-state index contributed by atoms with van der Waals surface area (Å²) in [7, 11) is 0. The lowest BCUT2D eigenvalue weighted by Crippen LogP contribution is -2.19. The Bertz CT molecular complexity index is 1100. The number of thiophene rings is 1. The number of nitrogens with zero attached hydrogens (tertiary/aromatic N) is 3. The van der Waals surface area contributed by atoms with Crippen molar-refractivity contribution in [3.8, 4) is 11.4 Å². The number of benzene rings is 2.